The molecular weight excluding hydrogens is 436 g/mol. The summed E-state index contributed by atoms with van der Waals surface area (Å²) in [6.45, 7) is 6.11. The molecule has 0 saturated heterocycles. The lowest BCUT2D eigenvalue weighted by molar-refractivity contribution is 0.579. The molecule has 0 fully saturated rings. The van der Waals surface area contributed by atoms with Crippen LogP contribution in [0.15, 0.2) is 67.5 Å². The minimum atomic E-state index is -3.85. The second kappa shape index (κ2) is 7.36. The van der Waals surface area contributed by atoms with Crippen LogP contribution in [0.4, 0.5) is 0 Å². The number of fused-ring (bicyclic) bond motifs is 1. The molecule has 0 bridgehead atoms. The molecule has 0 aliphatic carbocycles. The van der Waals surface area contributed by atoms with E-state index in [9.17, 15) is 8.42 Å². The molecular formula is C19H15ClN2O3S3. The average molecular weight is 451 g/mol. The number of thiophene rings is 1. The van der Waals surface area contributed by atoms with E-state index >= 15 is 0 Å². The quantitative estimate of drug-likeness (QED) is 0.379. The number of allylic oxidation sites excluding steroid dienone is 1. The Morgan fingerprint density at radius 2 is 2.07 bits per heavy atom. The highest BCUT2D eigenvalue weighted by Gasteiger charge is 2.20. The zero-order chi connectivity index (χ0) is 19.9. The average Bonchev–Trinajstić information content (AvgIpc) is 3.33. The Kier molecular flexibility index (Phi) is 5.05. The Labute approximate surface area is 174 Å². The van der Waals surface area contributed by atoms with Gasteiger partial charge in [0.1, 0.15) is 15.6 Å². The van der Waals surface area contributed by atoms with Crippen molar-refractivity contribution in [3.8, 4) is 11.3 Å². The van der Waals surface area contributed by atoms with Crippen molar-refractivity contribution in [2.24, 2.45) is 4.40 Å². The van der Waals surface area contributed by atoms with Gasteiger partial charge in [0.15, 0.2) is 0 Å². The summed E-state index contributed by atoms with van der Waals surface area (Å²) in [6, 6.07) is 10.8. The molecule has 0 atom stereocenters. The van der Waals surface area contributed by atoms with Gasteiger partial charge < -0.3 is 8.98 Å². The number of aryl methyl sites for hydroxylation is 1. The molecule has 5 nitrogen and oxygen atoms in total. The van der Waals surface area contributed by atoms with Crippen molar-refractivity contribution in [1.82, 2.24) is 4.57 Å². The topological polar surface area (TPSA) is 64.6 Å². The Balaban J connectivity index is 1.94. The van der Waals surface area contributed by atoms with Crippen LogP contribution in [0.25, 0.3) is 22.2 Å². The minimum absolute atomic E-state index is 0.113. The van der Waals surface area contributed by atoms with Crippen LogP contribution >= 0.6 is 34.3 Å². The standard InChI is InChI=1S/C19H15ClN2O3S3/c1-3-10-22-14(18-12(2)25-15-7-5-4-6-13(15)18)11-26-19(22)21-28(23,24)17-9-8-16(20)27-17/h3-9,11H,1,10H2,2H3/b21-19+. The molecule has 4 aromatic rings. The van der Waals surface area contributed by atoms with Gasteiger partial charge in [-0.05, 0) is 25.1 Å². The monoisotopic (exact) mass is 450 g/mol. The summed E-state index contributed by atoms with van der Waals surface area (Å²) in [5, 5.41) is 2.86. The van der Waals surface area contributed by atoms with Gasteiger partial charge in [0.2, 0.25) is 4.80 Å². The summed E-state index contributed by atoms with van der Waals surface area (Å²) < 4.78 is 37.6. The smallest absolute Gasteiger partial charge is 0.294 e. The van der Waals surface area contributed by atoms with Crippen LogP contribution in [-0.4, -0.2) is 13.0 Å². The van der Waals surface area contributed by atoms with E-state index in [1.165, 1.54) is 17.4 Å². The molecule has 0 saturated carbocycles. The van der Waals surface area contributed by atoms with Crippen molar-refractivity contribution < 1.29 is 12.8 Å². The summed E-state index contributed by atoms with van der Waals surface area (Å²) in [7, 11) is -3.85. The molecule has 3 heterocycles. The van der Waals surface area contributed by atoms with Gasteiger partial charge in [0.05, 0.1) is 10.0 Å². The molecule has 0 aliphatic heterocycles. The van der Waals surface area contributed by atoms with Gasteiger partial charge in [0.25, 0.3) is 10.0 Å². The molecule has 0 unspecified atom stereocenters. The van der Waals surface area contributed by atoms with Crippen molar-refractivity contribution >= 4 is 55.3 Å². The van der Waals surface area contributed by atoms with Crippen LogP contribution < -0.4 is 4.80 Å². The largest absolute Gasteiger partial charge is 0.461 e. The predicted molar refractivity (Wildman–Crippen MR) is 115 cm³/mol. The summed E-state index contributed by atoms with van der Waals surface area (Å²) in [4.78, 5) is 0.365. The van der Waals surface area contributed by atoms with Gasteiger partial charge in [-0.1, -0.05) is 35.9 Å². The first-order valence-electron chi connectivity index (χ1n) is 8.25. The Bertz CT molecular complexity index is 1360. The number of sulfonamides is 1. The molecule has 28 heavy (non-hydrogen) atoms. The van der Waals surface area contributed by atoms with Crippen LogP contribution in [0.5, 0.6) is 0 Å². The molecule has 0 N–H and O–H groups in total. The van der Waals surface area contributed by atoms with Gasteiger partial charge in [-0.3, -0.25) is 0 Å². The van der Waals surface area contributed by atoms with E-state index in [0.717, 1.165) is 39.3 Å². The second-order valence-corrected chi connectivity index (χ2v) is 10.3. The number of furan rings is 1. The third kappa shape index (κ3) is 3.37. The molecule has 0 radical (unpaired) electrons. The fraction of sp³-hybridized carbons (Fsp3) is 0.105. The fourth-order valence-corrected chi connectivity index (χ4v) is 6.56. The Hall–Kier alpha value is -2.13. The lowest BCUT2D eigenvalue weighted by Gasteiger charge is -2.06. The Morgan fingerprint density at radius 1 is 1.29 bits per heavy atom. The summed E-state index contributed by atoms with van der Waals surface area (Å²) >= 11 is 8.13. The van der Waals surface area contributed by atoms with E-state index in [1.807, 2.05) is 41.1 Å². The number of thiazole rings is 1. The maximum Gasteiger partial charge on any atom is 0.294 e. The van der Waals surface area contributed by atoms with Gasteiger partial charge >= 0.3 is 0 Å². The van der Waals surface area contributed by atoms with Gasteiger partial charge in [0, 0.05) is 22.9 Å². The van der Waals surface area contributed by atoms with Crippen LogP contribution in [-0.2, 0) is 16.6 Å². The first-order chi connectivity index (χ1) is 13.4. The lowest BCUT2D eigenvalue weighted by Crippen LogP contribution is -2.17. The highest BCUT2D eigenvalue weighted by molar-refractivity contribution is 7.92. The molecule has 4 rings (SSSR count). The third-order valence-corrected chi connectivity index (χ3v) is 8.08. The number of hydrogen-bond acceptors (Lipinski definition) is 5. The van der Waals surface area contributed by atoms with Crippen LogP contribution in [0.1, 0.15) is 5.76 Å². The highest BCUT2D eigenvalue weighted by Crippen LogP contribution is 2.35. The molecule has 0 spiro atoms. The SMILES string of the molecule is C=CCn1c(-c2c(C)oc3ccccc23)cs/c1=N/S(=O)(=O)c1ccc(Cl)s1. The molecule has 0 amide bonds. The third-order valence-electron chi connectivity index (χ3n) is 4.14. The van der Waals surface area contributed by atoms with Crippen LogP contribution in [0.2, 0.25) is 4.34 Å². The zero-order valence-electron chi connectivity index (χ0n) is 14.8. The van der Waals surface area contributed by atoms with E-state index in [4.69, 9.17) is 16.0 Å². The summed E-state index contributed by atoms with van der Waals surface area (Å²) in [5.74, 6) is 0.760. The van der Waals surface area contributed by atoms with Gasteiger partial charge in [-0.25, -0.2) is 0 Å². The number of para-hydroxylation sites is 1. The van der Waals surface area contributed by atoms with E-state index in [2.05, 4.69) is 11.0 Å². The number of aromatic nitrogens is 1. The summed E-state index contributed by atoms with van der Waals surface area (Å²) in [5.41, 5.74) is 2.54. The van der Waals surface area contributed by atoms with Gasteiger partial charge in [-0.2, -0.15) is 8.42 Å². The molecule has 3 aromatic heterocycles. The van der Waals surface area contributed by atoms with E-state index in [0.29, 0.717) is 15.7 Å². The molecule has 144 valence electrons. The van der Waals surface area contributed by atoms with Crippen molar-refractivity contribution in [3.63, 3.8) is 0 Å². The molecule has 9 heteroatoms. The maximum absolute atomic E-state index is 12.7. The minimum Gasteiger partial charge on any atom is -0.461 e. The van der Waals surface area contributed by atoms with Crippen molar-refractivity contribution in [3.05, 3.63) is 69.3 Å². The molecule has 1 aromatic carbocycles. The molecule has 0 aliphatic rings. The van der Waals surface area contributed by atoms with Gasteiger partial charge in [-0.15, -0.1) is 33.7 Å². The number of benzene rings is 1. The first kappa shape index (κ1) is 19.2. The first-order valence-corrected chi connectivity index (χ1v) is 11.8. The summed E-state index contributed by atoms with van der Waals surface area (Å²) in [6.07, 6.45) is 1.71. The highest BCUT2D eigenvalue weighted by atomic mass is 35.5. The zero-order valence-corrected chi connectivity index (χ0v) is 18.0. The van der Waals surface area contributed by atoms with Crippen molar-refractivity contribution in [1.29, 1.82) is 0 Å². The predicted octanol–water partition coefficient (Wildman–Crippen LogP) is 5.46. The number of hydrogen-bond donors (Lipinski definition) is 0. The van der Waals surface area contributed by atoms with E-state index < -0.39 is 10.0 Å². The number of nitrogens with zero attached hydrogens (tertiary/aromatic N) is 2. The van der Waals surface area contributed by atoms with Crippen LogP contribution in [0, 0.1) is 6.92 Å². The van der Waals surface area contributed by atoms with Crippen molar-refractivity contribution in [2.75, 3.05) is 0 Å². The van der Waals surface area contributed by atoms with E-state index in [-0.39, 0.29) is 4.21 Å². The normalized spacial score (nSPS) is 12.7. The fourth-order valence-electron chi connectivity index (χ4n) is 2.98. The van der Waals surface area contributed by atoms with Crippen molar-refractivity contribution in [2.45, 2.75) is 17.7 Å². The second-order valence-electron chi connectivity index (χ2n) is 5.96. The van der Waals surface area contributed by atoms with Crippen LogP contribution in [0.3, 0.4) is 0 Å². The Morgan fingerprint density at radius 3 is 2.79 bits per heavy atom. The number of rotatable bonds is 5. The maximum atomic E-state index is 12.7. The number of halogens is 1. The lowest BCUT2D eigenvalue weighted by atomic mass is 10.1. The van der Waals surface area contributed by atoms with E-state index in [1.54, 1.807) is 12.1 Å².